The van der Waals surface area contributed by atoms with Crippen molar-refractivity contribution >= 4 is 23.8 Å². The first-order chi connectivity index (χ1) is 24.8. The molecule has 3 heterocycles. The average Bonchev–Trinajstić information content (AvgIpc) is 3.71. The van der Waals surface area contributed by atoms with E-state index in [1.807, 2.05) is 0 Å². The molecule has 1 aromatic carbocycles. The van der Waals surface area contributed by atoms with Gasteiger partial charge in [0.1, 0.15) is 12.0 Å². The molecule has 8 aliphatic rings. The third-order valence-corrected chi connectivity index (χ3v) is 12.0. The van der Waals surface area contributed by atoms with Gasteiger partial charge in [0.05, 0.1) is 12.1 Å². The third kappa shape index (κ3) is 5.04. The fourth-order valence-electron chi connectivity index (χ4n) is 9.85. The summed E-state index contributed by atoms with van der Waals surface area (Å²) >= 11 is 0. The third-order valence-electron chi connectivity index (χ3n) is 12.0. The van der Waals surface area contributed by atoms with Crippen molar-refractivity contribution in [1.29, 1.82) is 0 Å². The number of likely N-dealkylation sites (tertiary alicyclic amines) is 1. The Morgan fingerprint density at radius 1 is 0.800 bits per heavy atom. The predicted octanol–water partition coefficient (Wildman–Crippen LogP) is 8.97. The fraction of sp³-hybridized carbons (Fsp3) is 0.333. The van der Waals surface area contributed by atoms with Crippen molar-refractivity contribution in [2.75, 3.05) is 0 Å². The van der Waals surface area contributed by atoms with E-state index >= 15 is 0 Å². The minimum atomic E-state index is -0.178. The van der Waals surface area contributed by atoms with Crippen molar-refractivity contribution < 1.29 is 0 Å². The number of rotatable bonds is 5. The summed E-state index contributed by atoms with van der Waals surface area (Å²) in [5, 5.41) is 3.71. The van der Waals surface area contributed by atoms with Gasteiger partial charge >= 0.3 is 0 Å². The molecule has 6 aliphatic carbocycles. The lowest BCUT2D eigenvalue weighted by Gasteiger charge is -2.39. The van der Waals surface area contributed by atoms with Crippen molar-refractivity contribution in [3.8, 4) is 0 Å². The molecule has 0 radical (unpaired) electrons. The summed E-state index contributed by atoms with van der Waals surface area (Å²) in [5.41, 5.74) is 10.8. The zero-order valence-corrected chi connectivity index (χ0v) is 28.7. The van der Waals surface area contributed by atoms with Gasteiger partial charge in [0.2, 0.25) is 0 Å². The first kappa shape index (κ1) is 30.0. The molecule has 1 fully saturated rings. The summed E-state index contributed by atoms with van der Waals surface area (Å²) in [6.07, 6.45) is 45.5. The minimum absolute atomic E-state index is 0.177. The second-order valence-electron chi connectivity index (χ2n) is 14.9. The molecule has 6 unspecified atom stereocenters. The molecule has 0 amide bonds. The molecule has 0 saturated carbocycles. The molecular weight excluding hydrogens is 611 g/mol. The van der Waals surface area contributed by atoms with Crippen molar-refractivity contribution in [2.45, 2.75) is 82.1 Å². The summed E-state index contributed by atoms with van der Waals surface area (Å²) in [6, 6.07) is 11.6. The van der Waals surface area contributed by atoms with E-state index in [2.05, 4.69) is 136 Å². The number of allylic oxidation sites excluding steroid dienone is 9. The number of aliphatic imine (C=N–C) groups is 2. The van der Waals surface area contributed by atoms with Gasteiger partial charge in [0, 0.05) is 52.5 Å². The molecule has 5 heteroatoms. The molecule has 0 bridgehead atoms. The largest absolute Gasteiger partial charge is 0.364 e. The van der Waals surface area contributed by atoms with E-state index in [1.54, 1.807) is 0 Å². The number of amidine groups is 2. The Balaban J connectivity index is 1.14. The van der Waals surface area contributed by atoms with Crippen LogP contribution in [0.3, 0.4) is 0 Å². The topological polar surface area (TPSA) is 44.9 Å². The number of hydrogen-bond donors (Lipinski definition) is 1. The summed E-state index contributed by atoms with van der Waals surface area (Å²) in [7, 11) is 0. The Morgan fingerprint density at radius 2 is 1.68 bits per heavy atom. The molecule has 250 valence electrons. The maximum absolute atomic E-state index is 5.42. The van der Waals surface area contributed by atoms with Crippen LogP contribution >= 0.6 is 0 Å². The van der Waals surface area contributed by atoms with Gasteiger partial charge in [-0.2, -0.15) is 0 Å². The van der Waals surface area contributed by atoms with Crippen LogP contribution < -0.4 is 5.32 Å². The highest BCUT2D eigenvalue weighted by Crippen LogP contribution is 2.48. The maximum atomic E-state index is 5.42. The van der Waals surface area contributed by atoms with Gasteiger partial charge in [-0.15, -0.1) is 0 Å². The van der Waals surface area contributed by atoms with Crippen molar-refractivity contribution in [3.63, 3.8) is 0 Å². The normalized spacial score (nSPS) is 30.3. The van der Waals surface area contributed by atoms with E-state index in [4.69, 9.17) is 9.98 Å². The van der Waals surface area contributed by atoms with Crippen LogP contribution in [0.25, 0.3) is 12.2 Å². The van der Waals surface area contributed by atoms with Gasteiger partial charge in [-0.05, 0) is 80.2 Å². The molecule has 10 rings (SSSR count). The van der Waals surface area contributed by atoms with Crippen molar-refractivity contribution in [3.05, 3.63) is 154 Å². The molecule has 1 aromatic heterocycles. The Bertz CT molecular complexity index is 2050. The number of fused-ring (bicyclic) bond motifs is 6. The standard InChI is InChI=1S/C45H45N5/c1-3-15-30(16-4-1)43-46-44(31-17-5-2-6-18-31)48-45(47-43)32-27-33(49-39-23-11-7-19-35(39)36-20-8-12-24-40(36)49)29-34(28-32)50-41-25-13-9-21-37(41)38-22-10-14-26-42(38)50/h1,3-5,7-9,11,14-21,23,26-28,34-36,39-40,44H,2,6,10,12-13,22,24-25,29H2,(H,46,47,48). The highest BCUT2D eigenvalue weighted by molar-refractivity contribution is 6.14. The summed E-state index contributed by atoms with van der Waals surface area (Å²) in [4.78, 5) is 13.6. The van der Waals surface area contributed by atoms with Crippen LogP contribution in [0.4, 0.5) is 0 Å². The monoisotopic (exact) mass is 655 g/mol. The first-order valence-corrected chi connectivity index (χ1v) is 19.0. The van der Waals surface area contributed by atoms with E-state index < -0.39 is 0 Å². The molecule has 1 saturated heterocycles. The Labute approximate surface area is 296 Å². The lowest BCUT2D eigenvalue weighted by molar-refractivity contribution is 0.235. The highest BCUT2D eigenvalue weighted by atomic mass is 15.2. The molecule has 5 nitrogen and oxygen atoms in total. The predicted molar refractivity (Wildman–Crippen MR) is 206 cm³/mol. The van der Waals surface area contributed by atoms with E-state index in [0.29, 0.717) is 23.9 Å². The van der Waals surface area contributed by atoms with E-state index in [1.165, 1.54) is 40.2 Å². The smallest absolute Gasteiger partial charge is 0.159 e. The molecule has 0 spiro atoms. The number of aromatic nitrogens is 1. The van der Waals surface area contributed by atoms with Crippen LogP contribution in [-0.2, 0) is 12.8 Å². The van der Waals surface area contributed by atoms with Gasteiger partial charge in [0.25, 0.3) is 0 Å². The molecule has 50 heavy (non-hydrogen) atoms. The summed E-state index contributed by atoms with van der Waals surface area (Å²) in [5.74, 6) is 2.76. The van der Waals surface area contributed by atoms with E-state index in [9.17, 15) is 0 Å². The lowest BCUT2D eigenvalue weighted by Crippen LogP contribution is -2.41. The molecule has 1 N–H and O–H groups in total. The zero-order valence-electron chi connectivity index (χ0n) is 28.7. The number of benzene rings is 1. The van der Waals surface area contributed by atoms with E-state index in [0.717, 1.165) is 74.2 Å². The van der Waals surface area contributed by atoms with Crippen molar-refractivity contribution in [2.24, 2.45) is 21.8 Å². The molecule has 6 atom stereocenters. The van der Waals surface area contributed by atoms with Gasteiger partial charge in [-0.25, -0.2) is 9.98 Å². The zero-order chi connectivity index (χ0) is 33.0. The quantitative estimate of drug-likeness (QED) is 0.327. The second kappa shape index (κ2) is 12.5. The maximum Gasteiger partial charge on any atom is 0.159 e. The average molecular weight is 656 g/mol. The summed E-state index contributed by atoms with van der Waals surface area (Å²) < 4.78 is 2.71. The Morgan fingerprint density at radius 3 is 2.60 bits per heavy atom. The van der Waals surface area contributed by atoms with Gasteiger partial charge in [-0.3, -0.25) is 0 Å². The van der Waals surface area contributed by atoms with Crippen LogP contribution in [0.5, 0.6) is 0 Å². The van der Waals surface area contributed by atoms with Gasteiger partial charge < -0.3 is 14.8 Å². The van der Waals surface area contributed by atoms with Crippen molar-refractivity contribution in [1.82, 2.24) is 14.8 Å². The van der Waals surface area contributed by atoms with Crippen LogP contribution in [0.2, 0.25) is 0 Å². The highest BCUT2D eigenvalue weighted by Gasteiger charge is 2.48. The van der Waals surface area contributed by atoms with Gasteiger partial charge in [-0.1, -0.05) is 109 Å². The first-order valence-electron chi connectivity index (χ1n) is 19.0. The number of nitrogens with one attached hydrogen (secondary N) is 1. The SMILES string of the molecule is C1=CC2C3C=CCCC3N(C3=CC(C4=NC(C5=CCCC=C5)NC(c5ccccc5)=N4)=CC(n4c5c(c6c4CCC=C6)CCC=C5)C3)C2C=C1. The number of nitrogens with zero attached hydrogens (tertiary/aromatic N) is 4. The van der Waals surface area contributed by atoms with Crippen LogP contribution in [0, 0.1) is 11.8 Å². The second-order valence-corrected chi connectivity index (χ2v) is 14.9. The van der Waals surface area contributed by atoms with E-state index in [-0.39, 0.29) is 12.2 Å². The Kier molecular flexibility index (Phi) is 7.47. The molecular formula is C45H45N5. The molecule has 2 aliphatic heterocycles. The Hall–Kier alpha value is -4.90. The fourth-order valence-corrected chi connectivity index (χ4v) is 9.85. The van der Waals surface area contributed by atoms with Crippen LogP contribution in [-0.4, -0.2) is 39.4 Å². The van der Waals surface area contributed by atoms with Gasteiger partial charge in [0.15, 0.2) is 5.84 Å². The number of hydrogen-bond acceptors (Lipinski definition) is 4. The minimum Gasteiger partial charge on any atom is -0.364 e. The molecule has 2 aromatic rings. The lowest BCUT2D eigenvalue weighted by atomic mass is 9.81. The van der Waals surface area contributed by atoms with Crippen LogP contribution in [0.1, 0.15) is 79.1 Å². The van der Waals surface area contributed by atoms with Crippen LogP contribution in [0.15, 0.2) is 136 Å². The summed E-state index contributed by atoms with van der Waals surface area (Å²) in [6.45, 7) is 0.